The third-order valence-corrected chi connectivity index (χ3v) is 4.40. The van der Waals surface area contributed by atoms with Crippen molar-refractivity contribution in [2.45, 2.75) is 38.8 Å². The summed E-state index contributed by atoms with van der Waals surface area (Å²) in [5, 5.41) is 12.7. The first kappa shape index (κ1) is 20.8. The second-order valence-electron chi connectivity index (χ2n) is 6.71. The molecule has 2 atom stereocenters. The van der Waals surface area contributed by atoms with Gasteiger partial charge in [-0.25, -0.2) is 9.78 Å². The lowest BCUT2D eigenvalue weighted by Crippen LogP contribution is -2.45. The molecule has 1 amide bonds. The largest absolute Gasteiger partial charge is 0.496 e. The summed E-state index contributed by atoms with van der Waals surface area (Å²) in [7, 11) is 1.49. The van der Waals surface area contributed by atoms with Gasteiger partial charge in [-0.3, -0.25) is 4.79 Å². The molecule has 1 aromatic carbocycles. The van der Waals surface area contributed by atoms with Crippen molar-refractivity contribution in [1.29, 1.82) is 0 Å². The molecule has 2 N–H and O–H groups in total. The van der Waals surface area contributed by atoms with E-state index >= 15 is 0 Å². The minimum Gasteiger partial charge on any atom is -0.496 e. The quantitative estimate of drug-likeness (QED) is 0.683. The lowest BCUT2D eigenvalue weighted by Gasteiger charge is -2.23. The van der Waals surface area contributed by atoms with Crippen LogP contribution in [0.5, 0.6) is 5.75 Å². The topological polar surface area (TPSA) is 93.5 Å². The summed E-state index contributed by atoms with van der Waals surface area (Å²) in [5.41, 5.74) is 0.651. The summed E-state index contributed by atoms with van der Waals surface area (Å²) < 4.78 is 6.96. The average Bonchev–Trinajstić information content (AvgIpc) is 3.14. The fraction of sp³-hybridized carbons (Fsp3) is 0.421. The van der Waals surface area contributed by atoms with Gasteiger partial charge < -0.3 is 19.7 Å². The number of aromatic nitrogens is 2. The molecule has 146 valence electrons. The number of carboxylic acids is 1. The summed E-state index contributed by atoms with van der Waals surface area (Å²) in [4.78, 5) is 28.5. The number of halogens is 1. The molecule has 0 saturated carbocycles. The van der Waals surface area contributed by atoms with Gasteiger partial charge in [0.2, 0.25) is 5.91 Å². The molecule has 1 aromatic heterocycles. The van der Waals surface area contributed by atoms with Crippen LogP contribution < -0.4 is 10.1 Å². The van der Waals surface area contributed by atoms with Gasteiger partial charge in [-0.05, 0) is 30.0 Å². The third kappa shape index (κ3) is 5.72. The zero-order valence-corrected chi connectivity index (χ0v) is 16.3. The number of amides is 1. The van der Waals surface area contributed by atoms with Crippen molar-refractivity contribution in [2.24, 2.45) is 5.92 Å². The molecule has 0 spiro atoms. The van der Waals surface area contributed by atoms with E-state index in [1.54, 1.807) is 41.5 Å². The number of hydrogen-bond acceptors (Lipinski definition) is 4. The summed E-state index contributed by atoms with van der Waals surface area (Å²) in [6, 6.07) is 3.36. The Labute approximate surface area is 163 Å². The lowest BCUT2D eigenvalue weighted by molar-refractivity contribution is -0.142. The number of aliphatic carboxylic acids is 1. The van der Waals surface area contributed by atoms with Crippen molar-refractivity contribution in [1.82, 2.24) is 14.9 Å². The SMILES string of the molecule is COc1cc(Cl)ccc1CC(NC(=O)C(CC(C)C)n1ccnc1)C(=O)O. The number of carboxylic acid groups (broad SMARTS) is 1. The van der Waals surface area contributed by atoms with E-state index in [-0.39, 0.29) is 18.2 Å². The molecule has 0 saturated heterocycles. The highest BCUT2D eigenvalue weighted by molar-refractivity contribution is 6.30. The Hall–Kier alpha value is -2.54. The summed E-state index contributed by atoms with van der Waals surface area (Å²) >= 11 is 5.95. The van der Waals surface area contributed by atoms with Crippen molar-refractivity contribution in [3.8, 4) is 5.75 Å². The number of ether oxygens (including phenoxy) is 1. The maximum atomic E-state index is 12.8. The maximum absolute atomic E-state index is 12.8. The van der Waals surface area contributed by atoms with Crippen LogP contribution in [0.1, 0.15) is 31.9 Å². The minimum atomic E-state index is -1.12. The van der Waals surface area contributed by atoms with Crippen LogP contribution in [0.4, 0.5) is 0 Å². The van der Waals surface area contributed by atoms with Crippen LogP contribution in [0, 0.1) is 5.92 Å². The Morgan fingerprint density at radius 2 is 2.11 bits per heavy atom. The molecule has 2 unspecified atom stereocenters. The molecule has 0 radical (unpaired) electrons. The molecule has 2 rings (SSSR count). The predicted octanol–water partition coefficient (Wildman–Crippen LogP) is 2.94. The normalized spacial score (nSPS) is 13.2. The molecule has 0 fully saturated rings. The molecule has 7 nitrogen and oxygen atoms in total. The number of imidazole rings is 1. The molecule has 8 heteroatoms. The Balaban J connectivity index is 2.19. The molecule has 0 aliphatic carbocycles. The molecule has 1 heterocycles. The van der Waals surface area contributed by atoms with Crippen LogP contribution in [0.15, 0.2) is 36.9 Å². The third-order valence-electron chi connectivity index (χ3n) is 4.17. The number of hydrogen-bond donors (Lipinski definition) is 2. The van der Waals surface area contributed by atoms with Gasteiger partial charge in [0.05, 0.1) is 13.4 Å². The second-order valence-corrected chi connectivity index (χ2v) is 7.15. The Morgan fingerprint density at radius 1 is 1.37 bits per heavy atom. The van der Waals surface area contributed by atoms with Crippen LogP contribution in [-0.2, 0) is 16.0 Å². The van der Waals surface area contributed by atoms with Gasteiger partial charge in [0, 0.05) is 23.8 Å². The Kier molecular flexibility index (Phi) is 7.24. The molecule has 0 aliphatic rings. The van der Waals surface area contributed by atoms with Crippen LogP contribution in [0.2, 0.25) is 5.02 Å². The van der Waals surface area contributed by atoms with E-state index in [1.165, 1.54) is 7.11 Å². The van der Waals surface area contributed by atoms with E-state index in [9.17, 15) is 14.7 Å². The van der Waals surface area contributed by atoms with E-state index < -0.39 is 18.1 Å². The van der Waals surface area contributed by atoms with Crippen molar-refractivity contribution >= 4 is 23.5 Å². The van der Waals surface area contributed by atoms with Crippen molar-refractivity contribution in [3.63, 3.8) is 0 Å². The van der Waals surface area contributed by atoms with Gasteiger partial charge in [0.15, 0.2) is 0 Å². The number of nitrogens with zero attached hydrogens (tertiary/aromatic N) is 2. The fourth-order valence-electron chi connectivity index (χ4n) is 2.84. The number of benzene rings is 1. The van der Waals surface area contributed by atoms with Gasteiger partial charge in [0.1, 0.15) is 17.8 Å². The molecular weight excluding hydrogens is 370 g/mol. The first-order chi connectivity index (χ1) is 12.8. The van der Waals surface area contributed by atoms with Gasteiger partial charge in [-0.15, -0.1) is 0 Å². The summed E-state index contributed by atoms with van der Waals surface area (Å²) in [6.07, 6.45) is 5.50. The van der Waals surface area contributed by atoms with Crippen LogP contribution in [-0.4, -0.2) is 39.7 Å². The fourth-order valence-corrected chi connectivity index (χ4v) is 3.00. The highest BCUT2D eigenvalue weighted by atomic mass is 35.5. The van der Waals surface area contributed by atoms with E-state index in [1.807, 2.05) is 13.8 Å². The Morgan fingerprint density at radius 3 is 2.67 bits per heavy atom. The van der Waals surface area contributed by atoms with Crippen molar-refractivity contribution < 1.29 is 19.4 Å². The summed E-state index contributed by atoms with van der Waals surface area (Å²) in [5.74, 6) is -0.740. The zero-order valence-electron chi connectivity index (χ0n) is 15.6. The molecule has 0 bridgehead atoms. The summed E-state index contributed by atoms with van der Waals surface area (Å²) in [6.45, 7) is 4.01. The van der Waals surface area contributed by atoms with E-state index in [0.717, 1.165) is 0 Å². The Bertz CT molecular complexity index is 777. The van der Waals surface area contributed by atoms with Crippen LogP contribution >= 0.6 is 11.6 Å². The predicted molar refractivity (Wildman–Crippen MR) is 102 cm³/mol. The standard InChI is InChI=1S/C19H24ClN3O4/c1-12(2)8-16(23-7-6-21-11-23)18(24)22-15(19(25)26)9-13-4-5-14(20)10-17(13)27-3/h4-7,10-12,15-16H,8-9H2,1-3H3,(H,22,24)(H,25,26). The number of carbonyl (C=O) groups excluding carboxylic acids is 1. The highest BCUT2D eigenvalue weighted by Crippen LogP contribution is 2.25. The van der Waals surface area contributed by atoms with Gasteiger partial charge in [0.25, 0.3) is 0 Å². The van der Waals surface area contributed by atoms with Crippen molar-refractivity contribution in [3.05, 3.63) is 47.5 Å². The number of methoxy groups -OCH3 is 1. The maximum Gasteiger partial charge on any atom is 0.326 e. The van der Waals surface area contributed by atoms with E-state index in [4.69, 9.17) is 16.3 Å². The first-order valence-corrected chi connectivity index (χ1v) is 9.02. The average molecular weight is 394 g/mol. The number of carbonyl (C=O) groups is 2. The van der Waals surface area contributed by atoms with Crippen LogP contribution in [0.3, 0.4) is 0 Å². The van der Waals surface area contributed by atoms with Gasteiger partial charge in [-0.1, -0.05) is 31.5 Å². The van der Waals surface area contributed by atoms with Gasteiger partial charge in [-0.2, -0.15) is 0 Å². The second kappa shape index (κ2) is 9.41. The van der Waals surface area contributed by atoms with E-state index in [2.05, 4.69) is 10.3 Å². The molecule has 0 aliphatic heterocycles. The minimum absolute atomic E-state index is 0.0831. The number of rotatable bonds is 9. The van der Waals surface area contributed by atoms with Crippen molar-refractivity contribution in [2.75, 3.05) is 7.11 Å². The zero-order chi connectivity index (χ0) is 20.0. The first-order valence-electron chi connectivity index (χ1n) is 8.64. The van der Waals surface area contributed by atoms with E-state index in [0.29, 0.717) is 22.8 Å². The molecule has 27 heavy (non-hydrogen) atoms. The molecular formula is C19H24ClN3O4. The molecule has 2 aromatic rings. The smallest absolute Gasteiger partial charge is 0.326 e. The monoisotopic (exact) mass is 393 g/mol. The number of nitrogens with one attached hydrogen (secondary N) is 1. The van der Waals surface area contributed by atoms with Gasteiger partial charge >= 0.3 is 5.97 Å². The highest BCUT2D eigenvalue weighted by Gasteiger charge is 2.27. The lowest BCUT2D eigenvalue weighted by atomic mass is 10.0. The van der Waals surface area contributed by atoms with Crippen LogP contribution in [0.25, 0.3) is 0 Å².